The first-order chi connectivity index (χ1) is 5.81. The Bertz CT molecular complexity index is 199. The van der Waals surface area contributed by atoms with Gasteiger partial charge in [0.25, 0.3) is 0 Å². The summed E-state index contributed by atoms with van der Waals surface area (Å²) < 4.78 is 0. The number of rotatable bonds is 1. The van der Waals surface area contributed by atoms with Crippen LogP contribution in [0, 0.1) is 0 Å². The highest BCUT2D eigenvalue weighted by molar-refractivity contribution is 5.81. The van der Waals surface area contributed by atoms with Crippen LogP contribution in [0.25, 0.3) is 0 Å². The number of carbonyl (C=O) groups is 2. The summed E-state index contributed by atoms with van der Waals surface area (Å²) in [4.78, 5) is 23.7. The van der Waals surface area contributed by atoms with E-state index in [1.165, 1.54) is 6.42 Å². The Labute approximate surface area is 71.7 Å². The van der Waals surface area contributed by atoms with E-state index in [9.17, 15) is 9.59 Å². The normalized spacial score (nSPS) is 35.0. The van der Waals surface area contributed by atoms with E-state index in [-0.39, 0.29) is 12.1 Å². The second kappa shape index (κ2) is 2.88. The van der Waals surface area contributed by atoms with Gasteiger partial charge in [0.15, 0.2) is 0 Å². The number of hydrogen-bond acceptors (Lipinski definition) is 2. The summed E-state index contributed by atoms with van der Waals surface area (Å²) in [5.74, 6) is 0.336. The van der Waals surface area contributed by atoms with E-state index in [1.807, 2.05) is 4.90 Å². The predicted octanol–water partition coefficient (Wildman–Crippen LogP) is 0.729. The van der Waals surface area contributed by atoms with Crippen molar-refractivity contribution in [3.63, 3.8) is 0 Å². The number of Topliss-reactive ketones (excluding diaryl/α,β-unsaturated/α-hetero) is 1. The van der Waals surface area contributed by atoms with Gasteiger partial charge in [-0.1, -0.05) is 0 Å². The van der Waals surface area contributed by atoms with Crippen molar-refractivity contribution in [2.24, 2.45) is 0 Å². The summed E-state index contributed by atoms with van der Waals surface area (Å²) in [5.41, 5.74) is 0. The minimum Gasteiger partial charge on any atom is -0.338 e. The van der Waals surface area contributed by atoms with Crippen molar-refractivity contribution in [1.82, 2.24) is 4.90 Å². The van der Waals surface area contributed by atoms with Gasteiger partial charge in [-0.2, -0.15) is 0 Å². The minimum absolute atomic E-state index is 0.225. The molecule has 0 saturated carbocycles. The van der Waals surface area contributed by atoms with Crippen LogP contribution < -0.4 is 0 Å². The van der Waals surface area contributed by atoms with Crippen LogP contribution in [0.5, 0.6) is 0 Å². The molecule has 1 amide bonds. The zero-order valence-electron chi connectivity index (χ0n) is 7.03. The van der Waals surface area contributed by atoms with Crippen molar-refractivity contribution in [2.75, 3.05) is 0 Å². The Morgan fingerprint density at radius 2 is 1.83 bits per heavy atom. The van der Waals surface area contributed by atoms with Crippen molar-refractivity contribution in [3.05, 3.63) is 0 Å². The second-order valence-electron chi connectivity index (χ2n) is 3.74. The van der Waals surface area contributed by atoms with E-state index in [4.69, 9.17) is 0 Å². The van der Waals surface area contributed by atoms with Crippen molar-refractivity contribution >= 4 is 12.2 Å². The van der Waals surface area contributed by atoms with Gasteiger partial charge in [-0.05, 0) is 19.3 Å². The summed E-state index contributed by atoms with van der Waals surface area (Å²) in [6, 6.07) is 0.449. The first-order valence-electron chi connectivity index (χ1n) is 4.55. The summed E-state index contributed by atoms with van der Waals surface area (Å²) >= 11 is 0. The summed E-state index contributed by atoms with van der Waals surface area (Å²) in [6.07, 6.45) is 5.31. The lowest BCUT2D eigenvalue weighted by Gasteiger charge is -2.43. The van der Waals surface area contributed by atoms with Crippen LogP contribution in [-0.2, 0) is 9.59 Å². The maximum absolute atomic E-state index is 11.2. The third kappa shape index (κ3) is 1.13. The highest BCUT2D eigenvalue weighted by atomic mass is 16.1. The second-order valence-corrected chi connectivity index (χ2v) is 3.74. The fraction of sp³-hybridized carbons (Fsp3) is 0.778. The average Bonchev–Trinajstić information content (AvgIpc) is 2.02. The molecule has 2 saturated heterocycles. The molecule has 2 heterocycles. The van der Waals surface area contributed by atoms with Gasteiger partial charge < -0.3 is 4.90 Å². The van der Waals surface area contributed by atoms with Crippen LogP contribution in [-0.4, -0.2) is 29.2 Å². The molecule has 0 aliphatic carbocycles. The van der Waals surface area contributed by atoms with Gasteiger partial charge in [0.1, 0.15) is 5.78 Å². The lowest BCUT2D eigenvalue weighted by molar-refractivity contribution is -0.135. The molecular formula is C9H13NO2. The van der Waals surface area contributed by atoms with E-state index in [1.54, 1.807) is 0 Å². The van der Waals surface area contributed by atoms with Crippen LogP contribution in [0.4, 0.5) is 0 Å². The zero-order valence-corrected chi connectivity index (χ0v) is 7.03. The Morgan fingerprint density at radius 1 is 1.25 bits per heavy atom. The molecule has 2 aliphatic heterocycles. The zero-order chi connectivity index (χ0) is 8.55. The molecule has 3 heteroatoms. The molecular weight excluding hydrogens is 154 g/mol. The fourth-order valence-corrected chi connectivity index (χ4v) is 2.38. The number of ketones is 1. The van der Waals surface area contributed by atoms with E-state index in [2.05, 4.69) is 0 Å². The van der Waals surface area contributed by atoms with Crippen molar-refractivity contribution in [1.29, 1.82) is 0 Å². The highest BCUT2D eigenvalue weighted by Gasteiger charge is 2.36. The fourth-order valence-electron chi connectivity index (χ4n) is 2.38. The molecule has 2 atom stereocenters. The van der Waals surface area contributed by atoms with Gasteiger partial charge in [-0.25, -0.2) is 0 Å². The van der Waals surface area contributed by atoms with Crippen molar-refractivity contribution in [3.8, 4) is 0 Å². The first kappa shape index (κ1) is 7.77. The SMILES string of the molecule is O=CN1[C@@H]2CCC[C@H]1CC(=O)C2. The first-order valence-corrected chi connectivity index (χ1v) is 4.55. The van der Waals surface area contributed by atoms with Gasteiger partial charge in [0.2, 0.25) is 6.41 Å². The number of hydrogen-bond donors (Lipinski definition) is 0. The summed E-state index contributed by atoms with van der Waals surface area (Å²) in [6.45, 7) is 0. The molecule has 0 radical (unpaired) electrons. The molecule has 2 bridgehead atoms. The van der Waals surface area contributed by atoms with Gasteiger partial charge >= 0.3 is 0 Å². The number of piperidine rings is 2. The minimum atomic E-state index is 0.225. The molecule has 0 unspecified atom stereocenters. The van der Waals surface area contributed by atoms with Crippen LogP contribution >= 0.6 is 0 Å². The molecule has 0 spiro atoms. The Morgan fingerprint density at radius 3 is 2.33 bits per heavy atom. The number of amides is 1. The van der Waals surface area contributed by atoms with Gasteiger partial charge in [-0.15, -0.1) is 0 Å². The molecule has 0 aromatic carbocycles. The molecule has 2 fully saturated rings. The molecule has 3 nitrogen and oxygen atoms in total. The van der Waals surface area contributed by atoms with E-state index in [0.717, 1.165) is 19.3 Å². The van der Waals surface area contributed by atoms with Crippen LogP contribution in [0.15, 0.2) is 0 Å². The van der Waals surface area contributed by atoms with Gasteiger partial charge in [-0.3, -0.25) is 9.59 Å². The van der Waals surface area contributed by atoms with Crippen LogP contribution in [0.3, 0.4) is 0 Å². The molecule has 0 aromatic heterocycles. The standard InChI is InChI=1S/C9H13NO2/c11-6-10-7-2-1-3-8(10)5-9(12)4-7/h6-8H,1-5H2/t7-,8+. The summed E-state index contributed by atoms with van der Waals surface area (Å²) in [5, 5.41) is 0. The number of nitrogens with zero attached hydrogens (tertiary/aromatic N) is 1. The number of fused-ring (bicyclic) bond motifs is 2. The molecule has 0 N–H and O–H groups in total. The molecule has 2 rings (SSSR count). The third-order valence-corrected chi connectivity index (χ3v) is 2.97. The number of carbonyl (C=O) groups excluding carboxylic acids is 2. The Kier molecular flexibility index (Phi) is 1.87. The van der Waals surface area contributed by atoms with E-state index in [0.29, 0.717) is 18.6 Å². The van der Waals surface area contributed by atoms with E-state index >= 15 is 0 Å². The van der Waals surface area contributed by atoms with Gasteiger partial charge in [0.05, 0.1) is 0 Å². The smallest absolute Gasteiger partial charge is 0.210 e. The van der Waals surface area contributed by atoms with Crippen LogP contribution in [0.1, 0.15) is 32.1 Å². The maximum Gasteiger partial charge on any atom is 0.210 e. The van der Waals surface area contributed by atoms with E-state index < -0.39 is 0 Å². The lowest BCUT2D eigenvalue weighted by Crippen LogP contribution is -2.51. The lowest BCUT2D eigenvalue weighted by atomic mass is 9.84. The average molecular weight is 167 g/mol. The molecule has 2 aliphatic rings. The quantitative estimate of drug-likeness (QED) is 0.540. The highest BCUT2D eigenvalue weighted by Crippen LogP contribution is 2.30. The molecule has 12 heavy (non-hydrogen) atoms. The van der Waals surface area contributed by atoms with Gasteiger partial charge in [0, 0.05) is 24.9 Å². The Hall–Kier alpha value is -0.860. The molecule has 0 aromatic rings. The molecule has 66 valence electrons. The summed E-state index contributed by atoms with van der Waals surface area (Å²) in [7, 11) is 0. The third-order valence-electron chi connectivity index (χ3n) is 2.97. The van der Waals surface area contributed by atoms with Crippen molar-refractivity contribution in [2.45, 2.75) is 44.2 Å². The Balaban J connectivity index is 2.16. The topological polar surface area (TPSA) is 37.4 Å². The monoisotopic (exact) mass is 167 g/mol. The van der Waals surface area contributed by atoms with Crippen molar-refractivity contribution < 1.29 is 9.59 Å². The largest absolute Gasteiger partial charge is 0.338 e. The van der Waals surface area contributed by atoms with Crippen LogP contribution in [0.2, 0.25) is 0 Å². The maximum atomic E-state index is 11.2. The predicted molar refractivity (Wildman–Crippen MR) is 43.6 cm³/mol.